The number of carbonyl (C=O) groups is 2. The van der Waals surface area contributed by atoms with Crippen molar-refractivity contribution in [3.05, 3.63) is 70.8 Å². The molecule has 2 aromatic rings. The highest BCUT2D eigenvalue weighted by Gasteiger charge is 2.19. The van der Waals surface area contributed by atoms with Crippen LogP contribution in [0.1, 0.15) is 31.8 Å². The number of ketones is 2. The molecule has 0 aromatic heterocycles. The van der Waals surface area contributed by atoms with Crippen LogP contribution in [-0.2, 0) is 25.4 Å². The molecule has 0 radical (unpaired) electrons. The van der Waals surface area contributed by atoms with Gasteiger partial charge in [0.15, 0.2) is 0 Å². The standard InChI is InChI=1S/C21H24O6/c1-24-20(25-2)18(22)16-9-5-14(6-10-16)13-15-7-11-17(12-8-15)19(23)21(26-3)27-4/h5-12,20-21H,13H2,1-4H3. The van der Waals surface area contributed by atoms with Gasteiger partial charge >= 0.3 is 0 Å². The molecule has 2 rings (SSSR count). The Labute approximate surface area is 159 Å². The van der Waals surface area contributed by atoms with Gasteiger partial charge in [0.2, 0.25) is 24.1 Å². The maximum Gasteiger partial charge on any atom is 0.222 e. The molecular formula is C21H24O6. The second-order valence-electron chi connectivity index (χ2n) is 5.91. The molecule has 0 spiro atoms. The second kappa shape index (κ2) is 10.1. The van der Waals surface area contributed by atoms with E-state index in [2.05, 4.69) is 0 Å². The van der Waals surface area contributed by atoms with Crippen molar-refractivity contribution in [1.29, 1.82) is 0 Å². The summed E-state index contributed by atoms with van der Waals surface area (Å²) < 4.78 is 20.0. The molecule has 0 amide bonds. The number of hydrogen-bond donors (Lipinski definition) is 0. The molecule has 0 aliphatic rings. The molecule has 0 aliphatic heterocycles. The van der Waals surface area contributed by atoms with E-state index in [1.54, 1.807) is 24.3 Å². The molecule has 0 unspecified atom stereocenters. The van der Waals surface area contributed by atoms with Gasteiger partial charge < -0.3 is 18.9 Å². The molecule has 0 bridgehead atoms. The van der Waals surface area contributed by atoms with Crippen LogP contribution in [0.5, 0.6) is 0 Å². The fourth-order valence-electron chi connectivity index (χ4n) is 2.70. The first-order valence-corrected chi connectivity index (χ1v) is 8.41. The summed E-state index contributed by atoms with van der Waals surface area (Å²) in [6.07, 6.45) is -1.12. The summed E-state index contributed by atoms with van der Waals surface area (Å²) in [5.41, 5.74) is 3.14. The van der Waals surface area contributed by atoms with Gasteiger partial charge in [-0.15, -0.1) is 0 Å². The fourth-order valence-corrected chi connectivity index (χ4v) is 2.70. The maximum absolute atomic E-state index is 12.2. The minimum absolute atomic E-state index is 0.222. The van der Waals surface area contributed by atoms with Gasteiger partial charge in [0.25, 0.3) is 0 Å². The van der Waals surface area contributed by atoms with Gasteiger partial charge in [-0.1, -0.05) is 48.5 Å². The van der Waals surface area contributed by atoms with Crippen molar-refractivity contribution in [2.45, 2.75) is 19.0 Å². The van der Waals surface area contributed by atoms with Crippen LogP contribution in [0, 0.1) is 0 Å². The minimum atomic E-state index is -0.899. The summed E-state index contributed by atoms with van der Waals surface area (Å²) in [5.74, 6) is -0.444. The van der Waals surface area contributed by atoms with Crippen LogP contribution in [0.2, 0.25) is 0 Å². The van der Waals surface area contributed by atoms with Crippen LogP contribution in [0.15, 0.2) is 48.5 Å². The topological polar surface area (TPSA) is 71.1 Å². The van der Waals surface area contributed by atoms with Crippen molar-refractivity contribution >= 4 is 11.6 Å². The Bertz CT molecular complexity index is 678. The van der Waals surface area contributed by atoms with E-state index in [1.165, 1.54) is 28.4 Å². The number of ether oxygens (including phenoxy) is 4. The molecule has 27 heavy (non-hydrogen) atoms. The Morgan fingerprint density at radius 1 is 0.630 bits per heavy atom. The van der Waals surface area contributed by atoms with Gasteiger partial charge in [0, 0.05) is 39.6 Å². The molecule has 144 valence electrons. The summed E-state index contributed by atoms with van der Waals surface area (Å²) in [4.78, 5) is 24.4. The zero-order valence-electron chi connectivity index (χ0n) is 15.9. The van der Waals surface area contributed by atoms with Crippen molar-refractivity contribution < 1.29 is 28.5 Å². The van der Waals surface area contributed by atoms with Crippen molar-refractivity contribution in [3.8, 4) is 0 Å². The van der Waals surface area contributed by atoms with Gasteiger partial charge in [-0.2, -0.15) is 0 Å². The van der Waals surface area contributed by atoms with Gasteiger partial charge in [-0.3, -0.25) is 9.59 Å². The number of hydrogen-bond acceptors (Lipinski definition) is 6. The highest BCUT2D eigenvalue weighted by molar-refractivity contribution is 5.99. The van der Waals surface area contributed by atoms with E-state index >= 15 is 0 Å². The van der Waals surface area contributed by atoms with Crippen LogP contribution >= 0.6 is 0 Å². The van der Waals surface area contributed by atoms with E-state index in [0.717, 1.165) is 11.1 Å². The first-order chi connectivity index (χ1) is 13.0. The quantitative estimate of drug-likeness (QED) is 0.472. The number of rotatable bonds is 10. The Morgan fingerprint density at radius 3 is 1.19 bits per heavy atom. The molecule has 0 saturated heterocycles. The Balaban J connectivity index is 2.05. The maximum atomic E-state index is 12.2. The Hall–Kier alpha value is -2.38. The van der Waals surface area contributed by atoms with Crippen LogP contribution in [-0.4, -0.2) is 52.6 Å². The number of methoxy groups -OCH3 is 4. The molecule has 0 saturated carbocycles. The number of Topliss-reactive ketones (excluding diaryl/α,β-unsaturated/α-hetero) is 2. The first-order valence-electron chi connectivity index (χ1n) is 8.41. The zero-order chi connectivity index (χ0) is 19.8. The van der Waals surface area contributed by atoms with E-state index in [-0.39, 0.29) is 11.6 Å². The molecule has 6 heteroatoms. The summed E-state index contributed by atoms with van der Waals surface area (Å²) in [6.45, 7) is 0. The smallest absolute Gasteiger partial charge is 0.222 e. The zero-order valence-corrected chi connectivity index (χ0v) is 15.9. The minimum Gasteiger partial charge on any atom is -0.349 e. The molecule has 0 heterocycles. The van der Waals surface area contributed by atoms with Gasteiger partial charge in [-0.05, 0) is 17.5 Å². The second-order valence-corrected chi connectivity index (χ2v) is 5.91. The third-order valence-corrected chi connectivity index (χ3v) is 4.17. The van der Waals surface area contributed by atoms with Crippen LogP contribution in [0.25, 0.3) is 0 Å². The normalized spacial score (nSPS) is 11.2. The lowest BCUT2D eigenvalue weighted by Gasteiger charge is -2.13. The molecule has 2 aromatic carbocycles. The molecule has 0 atom stereocenters. The Morgan fingerprint density at radius 2 is 0.926 bits per heavy atom. The summed E-state index contributed by atoms with van der Waals surface area (Å²) in [5, 5.41) is 0. The van der Waals surface area contributed by atoms with Crippen molar-refractivity contribution in [2.75, 3.05) is 28.4 Å². The largest absolute Gasteiger partial charge is 0.349 e. The van der Waals surface area contributed by atoms with E-state index in [1.807, 2.05) is 24.3 Å². The van der Waals surface area contributed by atoms with Crippen molar-refractivity contribution in [2.24, 2.45) is 0 Å². The average Bonchev–Trinajstić information content (AvgIpc) is 2.71. The average molecular weight is 372 g/mol. The van der Waals surface area contributed by atoms with Gasteiger partial charge in [0.1, 0.15) is 0 Å². The third kappa shape index (κ3) is 5.30. The summed E-state index contributed by atoms with van der Waals surface area (Å²) in [6, 6.07) is 14.6. The lowest BCUT2D eigenvalue weighted by Crippen LogP contribution is -2.24. The van der Waals surface area contributed by atoms with Crippen LogP contribution in [0.3, 0.4) is 0 Å². The van der Waals surface area contributed by atoms with Crippen molar-refractivity contribution in [1.82, 2.24) is 0 Å². The Kier molecular flexibility index (Phi) is 7.82. The van der Waals surface area contributed by atoms with Gasteiger partial charge in [-0.25, -0.2) is 0 Å². The first kappa shape index (κ1) is 20.9. The van der Waals surface area contributed by atoms with E-state index in [4.69, 9.17) is 18.9 Å². The molecule has 0 N–H and O–H groups in total. The van der Waals surface area contributed by atoms with Crippen LogP contribution < -0.4 is 0 Å². The van der Waals surface area contributed by atoms with Crippen molar-refractivity contribution in [3.63, 3.8) is 0 Å². The van der Waals surface area contributed by atoms with E-state index in [0.29, 0.717) is 17.5 Å². The molecule has 6 nitrogen and oxygen atoms in total. The lowest BCUT2D eigenvalue weighted by molar-refractivity contribution is -0.0742. The molecule has 0 fully saturated rings. The fraction of sp³-hybridized carbons (Fsp3) is 0.333. The summed E-state index contributed by atoms with van der Waals surface area (Å²) >= 11 is 0. The molecule has 0 aliphatic carbocycles. The lowest BCUT2D eigenvalue weighted by atomic mass is 10.0. The summed E-state index contributed by atoms with van der Waals surface area (Å²) in [7, 11) is 5.71. The monoisotopic (exact) mass is 372 g/mol. The van der Waals surface area contributed by atoms with Gasteiger partial charge in [0.05, 0.1) is 0 Å². The predicted octanol–water partition coefficient (Wildman–Crippen LogP) is 2.88. The number of benzene rings is 2. The molecular weight excluding hydrogens is 348 g/mol. The number of carbonyl (C=O) groups excluding carboxylic acids is 2. The third-order valence-electron chi connectivity index (χ3n) is 4.17. The SMILES string of the molecule is COC(OC)C(=O)c1ccc(Cc2ccc(C(=O)C(OC)OC)cc2)cc1. The predicted molar refractivity (Wildman–Crippen MR) is 100.0 cm³/mol. The van der Waals surface area contributed by atoms with E-state index in [9.17, 15) is 9.59 Å². The highest BCUT2D eigenvalue weighted by Crippen LogP contribution is 2.15. The van der Waals surface area contributed by atoms with Crippen LogP contribution in [0.4, 0.5) is 0 Å². The van der Waals surface area contributed by atoms with E-state index < -0.39 is 12.6 Å². The highest BCUT2D eigenvalue weighted by atomic mass is 16.7.